The Labute approximate surface area is 102 Å². The first-order chi connectivity index (χ1) is 8.40. The average molecular weight is 259 g/mol. The fourth-order valence-corrected chi connectivity index (χ4v) is 2.02. The molecule has 1 heterocycles. The van der Waals surface area contributed by atoms with E-state index in [1.165, 1.54) is 18.2 Å². The molecule has 1 atom stereocenters. The first kappa shape index (κ1) is 12.7. The van der Waals surface area contributed by atoms with Crippen LogP contribution in [0.5, 0.6) is 5.75 Å². The summed E-state index contributed by atoms with van der Waals surface area (Å²) in [7, 11) is 0. The molecule has 18 heavy (non-hydrogen) atoms. The molecule has 0 bridgehead atoms. The lowest BCUT2D eigenvalue weighted by atomic mass is 9.93. The summed E-state index contributed by atoms with van der Waals surface area (Å²) in [6.07, 6.45) is -3.74. The number of alkyl halides is 3. The van der Waals surface area contributed by atoms with Crippen molar-refractivity contribution in [3.05, 3.63) is 29.3 Å². The van der Waals surface area contributed by atoms with E-state index in [2.05, 4.69) is 10.1 Å². The summed E-state index contributed by atoms with van der Waals surface area (Å²) in [4.78, 5) is 11.7. The molecule has 2 rings (SSSR count). The average Bonchev–Trinajstić information content (AvgIpc) is 2.28. The Morgan fingerprint density at radius 3 is 2.78 bits per heavy atom. The third kappa shape index (κ3) is 2.57. The van der Waals surface area contributed by atoms with E-state index in [0.29, 0.717) is 18.4 Å². The number of fused-ring (bicyclic) bond motifs is 1. The molecule has 1 aliphatic rings. The molecule has 1 aliphatic heterocycles. The number of hydrogen-bond acceptors (Lipinski definition) is 2. The highest BCUT2D eigenvalue weighted by molar-refractivity contribution is 5.97. The van der Waals surface area contributed by atoms with Crippen LogP contribution in [0, 0.1) is 0 Å². The van der Waals surface area contributed by atoms with Gasteiger partial charge in [0, 0.05) is 17.2 Å². The van der Waals surface area contributed by atoms with Crippen LogP contribution in [-0.4, -0.2) is 18.3 Å². The number of carbonyl (C=O) groups is 1. The van der Waals surface area contributed by atoms with Crippen LogP contribution < -0.4 is 10.1 Å². The second-order valence-electron chi connectivity index (χ2n) is 4.11. The van der Waals surface area contributed by atoms with Gasteiger partial charge in [0.2, 0.25) is 0 Å². The third-order valence-corrected chi connectivity index (χ3v) is 2.88. The van der Waals surface area contributed by atoms with Gasteiger partial charge in [-0.15, -0.1) is 13.2 Å². The topological polar surface area (TPSA) is 38.3 Å². The molecule has 1 aromatic rings. The minimum absolute atomic E-state index is 0.150. The van der Waals surface area contributed by atoms with Crippen molar-refractivity contribution in [3.8, 4) is 5.75 Å². The molecule has 0 aromatic heterocycles. The van der Waals surface area contributed by atoms with Gasteiger partial charge in [0.25, 0.3) is 5.91 Å². The molecule has 0 fully saturated rings. The van der Waals surface area contributed by atoms with Crippen molar-refractivity contribution in [3.63, 3.8) is 0 Å². The molecule has 6 heteroatoms. The van der Waals surface area contributed by atoms with Crippen molar-refractivity contribution in [2.24, 2.45) is 0 Å². The third-order valence-electron chi connectivity index (χ3n) is 2.88. The van der Waals surface area contributed by atoms with Crippen molar-refractivity contribution in [1.29, 1.82) is 0 Å². The molecule has 98 valence electrons. The van der Waals surface area contributed by atoms with Crippen LogP contribution >= 0.6 is 0 Å². The zero-order valence-corrected chi connectivity index (χ0v) is 9.67. The van der Waals surface area contributed by atoms with Crippen molar-refractivity contribution in [2.75, 3.05) is 0 Å². The predicted octanol–water partition coefficient (Wildman–Crippen LogP) is 2.65. The smallest absolute Gasteiger partial charge is 0.405 e. The highest BCUT2D eigenvalue weighted by Crippen LogP contribution is 2.31. The van der Waals surface area contributed by atoms with E-state index in [-0.39, 0.29) is 23.3 Å². The van der Waals surface area contributed by atoms with Crippen LogP contribution in [0.4, 0.5) is 13.2 Å². The van der Waals surface area contributed by atoms with E-state index < -0.39 is 6.36 Å². The molecule has 1 N–H and O–H groups in total. The quantitative estimate of drug-likeness (QED) is 0.886. The van der Waals surface area contributed by atoms with Crippen molar-refractivity contribution >= 4 is 5.91 Å². The summed E-state index contributed by atoms with van der Waals surface area (Å²) < 4.78 is 40.8. The van der Waals surface area contributed by atoms with Crippen LogP contribution in [0.3, 0.4) is 0 Å². The van der Waals surface area contributed by atoms with Gasteiger partial charge >= 0.3 is 6.36 Å². The molecule has 0 saturated carbocycles. The summed E-state index contributed by atoms with van der Waals surface area (Å²) >= 11 is 0. The van der Waals surface area contributed by atoms with Gasteiger partial charge < -0.3 is 10.1 Å². The Bertz CT molecular complexity index is 471. The first-order valence-electron chi connectivity index (χ1n) is 5.59. The second kappa shape index (κ2) is 4.51. The van der Waals surface area contributed by atoms with Crippen LogP contribution in [0.15, 0.2) is 18.2 Å². The van der Waals surface area contributed by atoms with Crippen LogP contribution in [0.25, 0.3) is 0 Å². The minimum atomic E-state index is -4.75. The maximum Gasteiger partial charge on any atom is 0.573 e. The van der Waals surface area contributed by atoms with Gasteiger partial charge in [0.1, 0.15) is 5.75 Å². The number of halogens is 3. The largest absolute Gasteiger partial charge is 0.573 e. The van der Waals surface area contributed by atoms with E-state index in [9.17, 15) is 18.0 Å². The molecule has 3 nitrogen and oxygen atoms in total. The van der Waals surface area contributed by atoms with E-state index in [1.54, 1.807) is 0 Å². The Hall–Kier alpha value is -1.72. The van der Waals surface area contributed by atoms with Gasteiger partial charge in [-0.1, -0.05) is 13.0 Å². The van der Waals surface area contributed by atoms with Crippen molar-refractivity contribution in [1.82, 2.24) is 5.32 Å². The predicted molar refractivity (Wildman–Crippen MR) is 58.4 cm³/mol. The Kier molecular flexibility index (Phi) is 3.19. The molecule has 0 radical (unpaired) electrons. The number of rotatable bonds is 2. The first-order valence-corrected chi connectivity index (χ1v) is 5.59. The molecule has 0 aliphatic carbocycles. The monoisotopic (exact) mass is 259 g/mol. The van der Waals surface area contributed by atoms with E-state index in [4.69, 9.17) is 0 Å². The summed E-state index contributed by atoms with van der Waals surface area (Å²) in [6.45, 7) is 1.86. The standard InChI is InChI=1S/C12H12F3NO2/c1-2-7-6-9-8(11(17)16-7)4-3-5-10(9)18-12(13,14)15/h3-5,7H,2,6H2,1H3,(H,16,17). The van der Waals surface area contributed by atoms with Gasteiger partial charge in [-0.05, 0) is 25.0 Å². The summed E-state index contributed by atoms with van der Waals surface area (Å²) in [5.41, 5.74) is 0.576. The number of hydrogen-bond donors (Lipinski definition) is 1. The van der Waals surface area contributed by atoms with Gasteiger partial charge in [0.05, 0.1) is 0 Å². The summed E-state index contributed by atoms with van der Waals surface area (Å²) in [5, 5.41) is 2.74. The van der Waals surface area contributed by atoms with Crippen molar-refractivity contribution < 1.29 is 22.7 Å². The lowest BCUT2D eigenvalue weighted by Crippen LogP contribution is -2.41. The lowest BCUT2D eigenvalue weighted by Gasteiger charge is -2.26. The van der Waals surface area contributed by atoms with Gasteiger partial charge in [-0.25, -0.2) is 0 Å². The van der Waals surface area contributed by atoms with Gasteiger partial charge in [-0.3, -0.25) is 4.79 Å². The zero-order valence-electron chi connectivity index (χ0n) is 9.67. The molecule has 1 aromatic carbocycles. The highest BCUT2D eigenvalue weighted by atomic mass is 19.4. The van der Waals surface area contributed by atoms with Gasteiger partial charge in [-0.2, -0.15) is 0 Å². The van der Waals surface area contributed by atoms with Crippen molar-refractivity contribution in [2.45, 2.75) is 32.2 Å². The zero-order chi connectivity index (χ0) is 13.3. The van der Waals surface area contributed by atoms with Crippen LogP contribution in [0.2, 0.25) is 0 Å². The number of benzene rings is 1. The molecular formula is C12H12F3NO2. The minimum Gasteiger partial charge on any atom is -0.405 e. The second-order valence-corrected chi connectivity index (χ2v) is 4.11. The van der Waals surface area contributed by atoms with Crippen LogP contribution in [0.1, 0.15) is 29.3 Å². The molecule has 0 spiro atoms. The molecular weight excluding hydrogens is 247 g/mol. The maximum absolute atomic E-state index is 12.3. The molecule has 1 unspecified atom stereocenters. The maximum atomic E-state index is 12.3. The Morgan fingerprint density at radius 2 is 2.17 bits per heavy atom. The Morgan fingerprint density at radius 1 is 1.44 bits per heavy atom. The highest BCUT2D eigenvalue weighted by Gasteiger charge is 2.34. The molecule has 0 saturated heterocycles. The van der Waals surface area contributed by atoms with Gasteiger partial charge in [0.15, 0.2) is 0 Å². The molecule has 1 amide bonds. The lowest BCUT2D eigenvalue weighted by molar-refractivity contribution is -0.274. The Balaban J connectivity index is 2.39. The van der Waals surface area contributed by atoms with Crippen LogP contribution in [-0.2, 0) is 6.42 Å². The number of ether oxygens (including phenoxy) is 1. The summed E-state index contributed by atoms with van der Waals surface area (Å²) in [5.74, 6) is -0.635. The van der Waals surface area contributed by atoms with E-state index in [0.717, 1.165) is 0 Å². The number of carbonyl (C=O) groups excluding carboxylic acids is 1. The summed E-state index contributed by atoms with van der Waals surface area (Å²) in [6, 6.07) is 3.96. The fourth-order valence-electron chi connectivity index (χ4n) is 2.02. The van der Waals surface area contributed by atoms with E-state index >= 15 is 0 Å². The normalized spacial score (nSPS) is 19.1. The number of nitrogens with one attached hydrogen (secondary N) is 1. The number of amides is 1. The fraction of sp³-hybridized carbons (Fsp3) is 0.417. The van der Waals surface area contributed by atoms with E-state index in [1.807, 2.05) is 6.92 Å². The SMILES string of the molecule is CCC1Cc2c(OC(F)(F)F)cccc2C(=O)N1.